The Morgan fingerprint density at radius 3 is 2.38 bits per heavy atom. The minimum atomic E-state index is 0.254. The summed E-state index contributed by atoms with van der Waals surface area (Å²) < 4.78 is 0. The number of hydrogen-bond donors (Lipinski definition) is 1. The molecule has 2 heteroatoms. The molecule has 0 aromatic rings. The molecule has 1 saturated carbocycles. The maximum Gasteiger partial charge on any atom is 0.0300 e. The molecule has 2 nitrogen and oxygen atoms in total. The van der Waals surface area contributed by atoms with Crippen LogP contribution in [0.5, 0.6) is 0 Å². The Morgan fingerprint density at radius 2 is 1.94 bits per heavy atom. The lowest BCUT2D eigenvalue weighted by Gasteiger charge is -2.41. The summed E-state index contributed by atoms with van der Waals surface area (Å²) in [5.74, 6) is 1.05. The van der Waals surface area contributed by atoms with E-state index in [-0.39, 0.29) is 5.54 Å². The Balaban J connectivity index is 2.45. The molecule has 16 heavy (non-hydrogen) atoms. The van der Waals surface area contributed by atoms with Gasteiger partial charge in [-0.3, -0.25) is 0 Å². The van der Waals surface area contributed by atoms with Gasteiger partial charge in [-0.05, 0) is 59.7 Å². The van der Waals surface area contributed by atoms with Crippen molar-refractivity contribution in [1.29, 1.82) is 0 Å². The van der Waals surface area contributed by atoms with Crippen molar-refractivity contribution in [3.8, 4) is 0 Å². The minimum absolute atomic E-state index is 0.254. The van der Waals surface area contributed by atoms with Crippen molar-refractivity contribution >= 4 is 0 Å². The van der Waals surface area contributed by atoms with E-state index in [1.54, 1.807) is 0 Å². The summed E-state index contributed by atoms with van der Waals surface area (Å²) >= 11 is 0. The third-order valence-corrected chi connectivity index (χ3v) is 4.21. The molecule has 1 unspecified atom stereocenters. The van der Waals surface area contributed by atoms with Gasteiger partial charge in [0.2, 0.25) is 0 Å². The van der Waals surface area contributed by atoms with E-state index in [9.17, 15) is 0 Å². The van der Waals surface area contributed by atoms with E-state index >= 15 is 0 Å². The molecule has 0 bridgehead atoms. The largest absolute Gasteiger partial charge is 0.312 e. The van der Waals surface area contributed by atoms with E-state index in [1.165, 1.54) is 32.1 Å². The van der Waals surface area contributed by atoms with Gasteiger partial charge in [-0.1, -0.05) is 19.8 Å². The van der Waals surface area contributed by atoms with Crippen LogP contribution in [0.2, 0.25) is 0 Å². The van der Waals surface area contributed by atoms with E-state index in [0.717, 1.165) is 12.5 Å². The SMILES string of the molecule is CCCNC(CCC1CC1)C(C)(C)N(C)C. The second-order valence-corrected chi connectivity index (χ2v) is 6.08. The van der Waals surface area contributed by atoms with E-state index in [1.807, 2.05) is 0 Å². The van der Waals surface area contributed by atoms with Crippen molar-refractivity contribution in [2.75, 3.05) is 20.6 Å². The van der Waals surface area contributed by atoms with Crippen LogP contribution in [-0.4, -0.2) is 37.1 Å². The molecule has 0 spiro atoms. The number of hydrogen-bond acceptors (Lipinski definition) is 2. The van der Waals surface area contributed by atoms with Crippen LogP contribution in [0.4, 0.5) is 0 Å². The van der Waals surface area contributed by atoms with Gasteiger partial charge in [-0.2, -0.15) is 0 Å². The summed E-state index contributed by atoms with van der Waals surface area (Å²) in [7, 11) is 4.38. The van der Waals surface area contributed by atoms with E-state index in [2.05, 4.69) is 45.1 Å². The van der Waals surface area contributed by atoms with Gasteiger partial charge in [0.25, 0.3) is 0 Å². The summed E-state index contributed by atoms with van der Waals surface area (Å²) in [5, 5.41) is 3.73. The van der Waals surface area contributed by atoms with Gasteiger partial charge in [0.05, 0.1) is 0 Å². The fourth-order valence-corrected chi connectivity index (χ4v) is 2.14. The standard InChI is InChI=1S/C14H30N2/c1-6-11-15-13(10-9-12-7-8-12)14(2,3)16(4)5/h12-13,15H,6-11H2,1-5H3. The van der Waals surface area contributed by atoms with Crippen molar-refractivity contribution in [3.05, 3.63) is 0 Å². The van der Waals surface area contributed by atoms with Crippen molar-refractivity contribution in [3.63, 3.8) is 0 Å². The maximum absolute atomic E-state index is 3.73. The fourth-order valence-electron chi connectivity index (χ4n) is 2.14. The van der Waals surface area contributed by atoms with Gasteiger partial charge in [0, 0.05) is 11.6 Å². The van der Waals surface area contributed by atoms with Crippen LogP contribution >= 0.6 is 0 Å². The molecule has 0 aliphatic heterocycles. The Labute approximate surface area is 102 Å². The third kappa shape index (κ3) is 4.06. The summed E-state index contributed by atoms with van der Waals surface area (Å²) in [4.78, 5) is 2.35. The number of nitrogens with one attached hydrogen (secondary N) is 1. The number of nitrogens with zero attached hydrogens (tertiary/aromatic N) is 1. The van der Waals surface area contributed by atoms with E-state index in [0.29, 0.717) is 6.04 Å². The molecule has 1 N–H and O–H groups in total. The molecule has 96 valence electrons. The molecule has 0 saturated heterocycles. The molecule has 0 aromatic carbocycles. The van der Waals surface area contributed by atoms with Crippen LogP contribution in [0.25, 0.3) is 0 Å². The first-order valence-electron chi connectivity index (χ1n) is 6.89. The highest BCUT2D eigenvalue weighted by molar-refractivity contribution is 4.92. The first kappa shape index (κ1) is 14.0. The van der Waals surface area contributed by atoms with Crippen molar-refractivity contribution in [1.82, 2.24) is 10.2 Å². The molecule has 1 rings (SSSR count). The molecular formula is C14H30N2. The van der Waals surface area contributed by atoms with Gasteiger partial charge < -0.3 is 10.2 Å². The predicted octanol–water partition coefficient (Wildman–Crippen LogP) is 2.89. The lowest BCUT2D eigenvalue weighted by atomic mass is 9.88. The second kappa shape index (κ2) is 6.02. The molecule has 1 aliphatic carbocycles. The third-order valence-electron chi connectivity index (χ3n) is 4.21. The van der Waals surface area contributed by atoms with Crippen LogP contribution < -0.4 is 5.32 Å². The van der Waals surface area contributed by atoms with Gasteiger partial charge >= 0.3 is 0 Å². The van der Waals surface area contributed by atoms with Crippen molar-refractivity contribution < 1.29 is 0 Å². The highest BCUT2D eigenvalue weighted by Gasteiger charge is 2.32. The Morgan fingerprint density at radius 1 is 1.31 bits per heavy atom. The Hall–Kier alpha value is -0.0800. The van der Waals surface area contributed by atoms with Gasteiger partial charge in [0.1, 0.15) is 0 Å². The minimum Gasteiger partial charge on any atom is -0.312 e. The quantitative estimate of drug-likeness (QED) is 0.684. The molecule has 1 aliphatic rings. The summed E-state index contributed by atoms with van der Waals surface area (Å²) in [6, 6.07) is 0.628. The highest BCUT2D eigenvalue weighted by Crippen LogP contribution is 2.35. The summed E-state index contributed by atoms with van der Waals surface area (Å²) in [6.07, 6.45) is 6.92. The molecular weight excluding hydrogens is 196 g/mol. The van der Waals surface area contributed by atoms with Crippen LogP contribution in [-0.2, 0) is 0 Å². The van der Waals surface area contributed by atoms with E-state index < -0.39 is 0 Å². The lowest BCUT2D eigenvalue weighted by Crippen LogP contribution is -2.55. The average Bonchev–Trinajstić information content (AvgIpc) is 3.01. The van der Waals surface area contributed by atoms with Crippen LogP contribution in [0, 0.1) is 5.92 Å². The summed E-state index contributed by atoms with van der Waals surface area (Å²) in [6.45, 7) is 8.10. The smallest absolute Gasteiger partial charge is 0.0300 e. The van der Waals surface area contributed by atoms with E-state index in [4.69, 9.17) is 0 Å². The fraction of sp³-hybridized carbons (Fsp3) is 1.00. The van der Waals surface area contributed by atoms with Gasteiger partial charge in [-0.25, -0.2) is 0 Å². The zero-order valence-electron chi connectivity index (χ0n) is 11.8. The zero-order valence-corrected chi connectivity index (χ0v) is 11.8. The zero-order chi connectivity index (χ0) is 12.2. The average molecular weight is 226 g/mol. The van der Waals surface area contributed by atoms with Gasteiger partial charge in [-0.15, -0.1) is 0 Å². The molecule has 1 fully saturated rings. The number of likely N-dealkylation sites (N-methyl/N-ethyl adjacent to an activating group) is 1. The maximum atomic E-state index is 3.73. The molecule has 1 atom stereocenters. The molecule has 0 heterocycles. The van der Waals surface area contributed by atoms with Crippen LogP contribution in [0.15, 0.2) is 0 Å². The van der Waals surface area contributed by atoms with Crippen molar-refractivity contribution in [2.45, 2.75) is 64.5 Å². The highest BCUT2D eigenvalue weighted by atomic mass is 15.2. The van der Waals surface area contributed by atoms with Crippen LogP contribution in [0.1, 0.15) is 52.9 Å². The Bertz CT molecular complexity index is 195. The monoisotopic (exact) mass is 226 g/mol. The van der Waals surface area contributed by atoms with Crippen LogP contribution in [0.3, 0.4) is 0 Å². The number of rotatable bonds is 8. The van der Waals surface area contributed by atoms with Crippen molar-refractivity contribution in [2.24, 2.45) is 5.92 Å². The first-order chi connectivity index (χ1) is 7.48. The predicted molar refractivity (Wildman–Crippen MR) is 71.8 cm³/mol. The summed E-state index contributed by atoms with van der Waals surface area (Å²) in [5.41, 5.74) is 0.254. The molecule has 0 amide bonds. The Kier molecular flexibility index (Phi) is 5.26. The molecule has 0 aromatic heterocycles. The molecule has 0 radical (unpaired) electrons. The second-order valence-electron chi connectivity index (χ2n) is 6.08. The first-order valence-corrected chi connectivity index (χ1v) is 6.89. The topological polar surface area (TPSA) is 15.3 Å². The van der Waals surface area contributed by atoms with Gasteiger partial charge in [0.15, 0.2) is 0 Å². The lowest BCUT2D eigenvalue weighted by molar-refractivity contribution is 0.130. The normalized spacial score (nSPS) is 19.1.